The fourth-order valence-electron chi connectivity index (χ4n) is 3.42. The first-order chi connectivity index (χ1) is 13.2. The SMILES string of the molecule is O=C(c1cccc(Cl)c1)N1CCC(Cc2nnc(-c3ccccc3)o2)CC1. The highest BCUT2D eigenvalue weighted by atomic mass is 35.5. The van der Waals surface area contributed by atoms with E-state index in [-0.39, 0.29) is 5.91 Å². The Hall–Kier alpha value is -2.66. The van der Waals surface area contributed by atoms with Crippen LogP contribution >= 0.6 is 11.6 Å². The lowest BCUT2D eigenvalue weighted by molar-refractivity contribution is 0.0688. The summed E-state index contributed by atoms with van der Waals surface area (Å²) in [6.45, 7) is 1.46. The van der Waals surface area contributed by atoms with E-state index in [1.165, 1.54) is 0 Å². The summed E-state index contributed by atoms with van der Waals surface area (Å²) in [5.41, 5.74) is 1.57. The van der Waals surface area contributed by atoms with Gasteiger partial charge in [-0.2, -0.15) is 0 Å². The monoisotopic (exact) mass is 381 g/mol. The van der Waals surface area contributed by atoms with Gasteiger partial charge in [0.05, 0.1) is 0 Å². The molecule has 0 aliphatic carbocycles. The maximum absolute atomic E-state index is 12.6. The van der Waals surface area contributed by atoms with Gasteiger partial charge in [-0.3, -0.25) is 4.79 Å². The predicted octanol–water partition coefficient (Wildman–Crippen LogP) is 4.48. The molecule has 138 valence electrons. The van der Waals surface area contributed by atoms with Gasteiger partial charge in [-0.25, -0.2) is 0 Å². The van der Waals surface area contributed by atoms with Crippen LogP contribution in [0.3, 0.4) is 0 Å². The molecule has 4 rings (SSSR count). The van der Waals surface area contributed by atoms with E-state index in [1.54, 1.807) is 12.1 Å². The molecule has 0 atom stereocenters. The molecule has 1 aliphatic heterocycles. The maximum Gasteiger partial charge on any atom is 0.253 e. The highest BCUT2D eigenvalue weighted by Crippen LogP contribution is 2.25. The number of piperidine rings is 1. The average Bonchev–Trinajstić information content (AvgIpc) is 3.17. The smallest absolute Gasteiger partial charge is 0.253 e. The van der Waals surface area contributed by atoms with Crippen LogP contribution in [0.5, 0.6) is 0 Å². The minimum atomic E-state index is 0.0418. The van der Waals surface area contributed by atoms with Gasteiger partial charge in [0.2, 0.25) is 11.8 Å². The molecule has 0 N–H and O–H groups in total. The van der Waals surface area contributed by atoms with Gasteiger partial charge >= 0.3 is 0 Å². The number of aromatic nitrogens is 2. The molecule has 1 aliphatic rings. The fraction of sp³-hybridized carbons (Fsp3) is 0.286. The van der Waals surface area contributed by atoms with E-state index in [1.807, 2.05) is 47.4 Å². The van der Waals surface area contributed by atoms with Crippen LogP contribution in [0.15, 0.2) is 59.0 Å². The third-order valence-electron chi connectivity index (χ3n) is 4.92. The molecule has 1 amide bonds. The first kappa shape index (κ1) is 17.7. The number of carbonyl (C=O) groups excluding carboxylic acids is 1. The van der Waals surface area contributed by atoms with E-state index >= 15 is 0 Å². The van der Waals surface area contributed by atoms with Crippen molar-refractivity contribution in [2.75, 3.05) is 13.1 Å². The molecular weight excluding hydrogens is 362 g/mol. The van der Waals surface area contributed by atoms with Crippen molar-refractivity contribution in [1.29, 1.82) is 0 Å². The Kier molecular flexibility index (Phi) is 5.21. The van der Waals surface area contributed by atoms with Gasteiger partial charge in [0, 0.05) is 35.7 Å². The van der Waals surface area contributed by atoms with Gasteiger partial charge < -0.3 is 9.32 Å². The van der Waals surface area contributed by atoms with Crippen molar-refractivity contribution in [3.63, 3.8) is 0 Å². The van der Waals surface area contributed by atoms with Gasteiger partial charge in [0.1, 0.15) is 0 Å². The summed E-state index contributed by atoms with van der Waals surface area (Å²) in [6.07, 6.45) is 2.60. The maximum atomic E-state index is 12.6. The number of nitrogens with zero attached hydrogens (tertiary/aromatic N) is 3. The molecule has 0 radical (unpaired) electrons. The summed E-state index contributed by atoms with van der Waals surface area (Å²) in [7, 11) is 0. The standard InChI is InChI=1S/C21H20ClN3O2/c22-18-8-4-7-17(14-18)21(26)25-11-9-15(10-12-25)13-19-23-24-20(27-19)16-5-2-1-3-6-16/h1-8,14-15H,9-13H2. The van der Waals surface area contributed by atoms with E-state index in [0.717, 1.165) is 37.9 Å². The molecule has 2 heterocycles. The first-order valence-electron chi connectivity index (χ1n) is 9.11. The third-order valence-corrected chi connectivity index (χ3v) is 5.16. The summed E-state index contributed by atoms with van der Waals surface area (Å²) >= 11 is 5.99. The summed E-state index contributed by atoms with van der Waals surface area (Å²) in [4.78, 5) is 14.5. The van der Waals surface area contributed by atoms with Crippen molar-refractivity contribution >= 4 is 17.5 Å². The normalized spacial score (nSPS) is 15.1. The molecule has 1 fully saturated rings. The Morgan fingerprint density at radius 1 is 1.07 bits per heavy atom. The zero-order valence-electron chi connectivity index (χ0n) is 14.8. The number of amides is 1. The Morgan fingerprint density at radius 3 is 2.59 bits per heavy atom. The highest BCUT2D eigenvalue weighted by molar-refractivity contribution is 6.30. The lowest BCUT2D eigenvalue weighted by Crippen LogP contribution is -2.38. The molecule has 3 aromatic rings. The second-order valence-corrected chi connectivity index (χ2v) is 7.25. The van der Waals surface area contributed by atoms with Crippen molar-refractivity contribution < 1.29 is 9.21 Å². The Morgan fingerprint density at radius 2 is 1.85 bits per heavy atom. The quantitative estimate of drug-likeness (QED) is 0.668. The van der Waals surface area contributed by atoms with Gasteiger partial charge in [-0.1, -0.05) is 35.9 Å². The minimum Gasteiger partial charge on any atom is -0.421 e. The molecule has 6 heteroatoms. The zero-order valence-corrected chi connectivity index (χ0v) is 15.6. The average molecular weight is 382 g/mol. The topological polar surface area (TPSA) is 59.2 Å². The molecule has 1 saturated heterocycles. The zero-order chi connectivity index (χ0) is 18.6. The van der Waals surface area contributed by atoms with Crippen LogP contribution in [0.4, 0.5) is 0 Å². The number of hydrogen-bond donors (Lipinski definition) is 0. The second-order valence-electron chi connectivity index (χ2n) is 6.82. The molecular formula is C21H20ClN3O2. The first-order valence-corrected chi connectivity index (χ1v) is 9.49. The largest absolute Gasteiger partial charge is 0.421 e. The van der Waals surface area contributed by atoms with Crippen LogP contribution in [0.25, 0.3) is 11.5 Å². The van der Waals surface area contributed by atoms with Crippen LogP contribution in [-0.2, 0) is 6.42 Å². The fourth-order valence-corrected chi connectivity index (χ4v) is 3.61. The second kappa shape index (κ2) is 7.92. The van der Waals surface area contributed by atoms with Crippen molar-refractivity contribution in [1.82, 2.24) is 15.1 Å². The van der Waals surface area contributed by atoms with Crippen molar-refractivity contribution in [2.24, 2.45) is 5.92 Å². The Balaban J connectivity index is 1.33. The Bertz CT molecular complexity index is 918. The van der Waals surface area contributed by atoms with Gasteiger partial charge in [-0.05, 0) is 49.1 Å². The summed E-state index contributed by atoms with van der Waals surface area (Å²) < 4.78 is 5.81. The van der Waals surface area contributed by atoms with Gasteiger partial charge in [0.15, 0.2) is 0 Å². The number of carbonyl (C=O) groups is 1. The summed E-state index contributed by atoms with van der Waals surface area (Å²) in [5.74, 6) is 1.70. The lowest BCUT2D eigenvalue weighted by atomic mass is 9.93. The van der Waals surface area contributed by atoms with Gasteiger partial charge in [-0.15, -0.1) is 10.2 Å². The van der Waals surface area contributed by atoms with Crippen LogP contribution in [0.1, 0.15) is 29.1 Å². The molecule has 0 unspecified atom stereocenters. The third kappa shape index (κ3) is 4.19. The van der Waals surface area contributed by atoms with Crippen molar-refractivity contribution in [2.45, 2.75) is 19.3 Å². The van der Waals surface area contributed by atoms with E-state index < -0.39 is 0 Å². The summed E-state index contributed by atoms with van der Waals surface area (Å²) in [5, 5.41) is 8.92. The number of hydrogen-bond acceptors (Lipinski definition) is 4. The Labute approximate surface area is 163 Å². The van der Waals surface area contributed by atoms with E-state index in [4.69, 9.17) is 16.0 Å². The van der Waals surface area contributed by atoms with Crippen LogP contribution in [0, 0.1) is 5.92 Å². The lowest BCUT2D eigenvalue weighted by Gasteiger charge is -2.31. The number of benzene rings is 2. The molecule has 0 saturated carbocycles. The molecule has 0 spiro atoms. The molecule has 27 heavy (non-hydrogen) atoms. The van der Waals surface area contributed by atoms with Crippen LogP contribution in [0.2, 0.25) is 5.02 Å². The van der Waals surface area contributed by atoms with Crippen molar-refractivity contribution in [3.8, 4) is 11.5 Å². The number of likely N-dealkylation sites (tertiary alicyclic amines) is 1. The molecule has 5 nitrogen and oxygen atoms in total. The van der Waals surface area contributed by atoms with E-state index in [0.29, 0.717) is 28.3 Å². The number of rotatable bonds is 4. The van der Waals surface area contributed by atoms with Gasteiger partial charge in [0.25, 0.3) is 5.91 Å². The molecule has 1 aromatic heterocycles. The minimum absolute atomic E-state index is 0.0418. The van der Waals surface area contributed by atoms with Crippen molar-refractivity contribution in [3.05, 3.63) is 71.1 Å². The van der Waals surface area contributed by atoms with E-state index in [9.17, 15) is 4.79 Å². The molecule has 0 bridgehead atoms. The van der Waals surface area contributed by atoms with E-state index in [2.05, 4.69) is 10.2 Å². The van der Waals surface area contributed by atoms with Crippen LogP contribution in [-0.4, -0.2) is 34.1 Å². The number of halogens is 1. The van der Waals surface area contributed by atoms with Crippen LogP contribution < -0.4 is 0 Å². The summed E-state index contributed by atoms with van der Waals surface area (Å²) in [6, 6.07) is 16.9. The highest BCUT2D eigenvalue weighted by Gasteiger charge is 2.25. The molecule has 2 aromatic carbocycles. The predicted molar refractivity (Wildman–Crippen MR) is 104 cm³/mol.